The molecule has 1 N–H and O–H groups in total. The molecule has 2 unspecified atom stereocenters. The van der Waals surface area contributed by atoms with Gasteiger partial charge >= 0.3 is 6.29 Å². The van der Waals surface area contributed by atoms with Crippen molar-refractivity contribution in [2.24, 2.45) is 17.8 Å². The maximum atomic E-state index is 13.2. The van der Waals surface area contributed by atoms with Crippen molar-refractivity contribution in [1.82, 2.24) is 0 Å². The molecule has 1 saturated carbocycles. The highest BCUT2D eigenvalue weighted by molar-refractivity contribution is 5.52. The Kier molecular flexibility index (Phi) is 3.94. The molecule has 0 aromatic heterocycles. The summed E-state index contributed by atoms with van der Waals surface area (Å²) in [4.78, 5) is 0. The van der Waals surface area contributed by atoms with E-state index in [4.69, 9.17) is 0 Å². The quantitative estimate of drug-likeness (QED) is 0.859. The number of ether oxygens (including phenoxy) is 2. The van der Waals surface area contributed by atoms with Gasteiger partial charge in [0.25, 0.3) is 0 Å². The van der Waals surface area contributed by atoms with Gasteiger partial charge in [0, 0.05) is 0 Å². The minimum Gasteiger partial charge on any atom is -0.395 e. The van der Waals surface area contributed by atoms with E-state index in [0.717, 1.165) is 36.3 Å². The Labute approximate surface area is 141 Å². The number of benzene rings is 1. The normalized spacial score (nSPS) is 33.5. The smallest absolute Gasteiger partial charge is 0.395 e. The maximum Gasteiger partial charge on any atom is 0.586 e. The van der Waals surface area contributed by atoms with Crippen LogP contribution in [0.3, 0.4) is 0 Å². The molecule has 5 heteroatoms. The molecule has 4 rings (SSSR count). The fourth-order valence-corrected chi connectivity index (χ4v) is 4.84. The number of aliphatic hydroxyl groups excluding tert-OH is 1. The Hall–Kier alpha value is -1.36. The van der Waals surface area contributed by atoms with Crippen molar-refractivity contribution in [2.75, 3.05) is 0 Å². The van der Waals surface area contributed by atoms with Gasteiger partial charge in [-0.3, -0.25) is 0 Å². The lowest BCUT2D eigenvalue weighted by Crippen LogP contribution is -2.26. The molecular formula is C19H24F2O3. The van der Waals surface area contributed by atoms with Crippen LogP contribution in [-0.2, 0) is 6.42 Å². The standard InChI is InChI=1S/C19H24F2O3/c1-2-3-11-4-6-12(7-5-11)14-8-13-9-16-17(10-15(13)18(14)22)24-19(20,21)23-16/h9-12,14,18,22H,2-8H2,1H3. The third-order valence-electron chi connectivity index (χ3n) is 6.04. The Balaban J connectivity index is 1.48. The van der Waals surface area contributed by atoms with E-state index in [-0.39, 0.29) is 17.4 Å². The van der Waals surface area contributed by atoms with Crippen LogP contribution >= 0.6 is 0 Å². The zero-order valence-electron chi connectivity index (χ0n) is 13.9. The van der Waals surface area contributed by atoms with Crippen LogP contribution in [0.25, 0.3) is 0 Å². The lowest BCUT2D eigenvalue weighted by molar-refractivity contribution is -0.286. The van der Waals surface area contributed by atoms with Crippen molar-refractivity contribution >= 4 is 0 Å². The zero-order chi connectivity index (χ0) is 16.9. The molecule has 0 bridgehead atoms. The van der Waals surface area contributed by atoms with Crippen LogP contribution in [0.2, 0.25) is 0 Å². The summed E-state index contributed by atoms with van der Waals surface area (Å²) in [6.07, 6.45) is 3.90. The fraction of sp³-hybridized carbons (Fsp3) is 0.684. The number of halogens is 2. The Morgan fingerprint density at radius 1 is 1.12 bits per heavy atom. The first-order chi connectivity index (χ1) is 11.5. The Morgan fingerprint density at radius 2 is 1.79 bits per heavy atom. The van der Waals surface area contributed by atoms with Crippen LogP contribution in [0.15, 0.2) is 12.1 Å². The molecule has 3 aliphatic rings. The summed E-state index contributed by atoms with van der Waals surface area (Å²) < 4.78 is 35.4. The summed E-state index contributed by atoms with van der Waals surface area (Å²) in [5.74, 6) is 1.65. The molecule has 3 nitrogen and oxygen atoms in total. The van der Waals surface area contributed by atoms with Gasteiger partial charge in [-0.1, -0.05) is 32.6 Å². The highest BCUT2D eigenvalue weighted by Crippen LogP contribution is 2.51. The summed E-state index contributed by atoms with van der Waals surface area (Å²) in [5.41, 5.74) is 1.65. The number of aliphatic hydroxyl groups is 1. The third-order valence-corrected chi connectivity index (χ3v) is 6.04. The van der Waals surface area contributed by atoms with E-state index in [1.807, 2.05) is 0 Å². The first-order valence-corrected chi connectivity index (χ1v) is 9.07. The van der Waals surface area contributed by atoms with Crippen molar-refractivity contribution in [3.63, 3.8) is 0 Å². The monoisotopic (exact) mass is 338 g/mol. The molecular weight excluding hydrogens is 314 g/mol. The van der Waals surface area contributed by atoms with Gasteiger partial charge in [0.05, 0.1) is 6.10 Å². The van der Waals surface area contributed by atoms with E-state index >= 15 is 0 Å². The van der Waals surface area contributed by atoms with Crippen LogP contribution < -0.4 is 9.47 Å². The molecule has 1 aromatic rings. The van der Waals surface area contributed by atoms with Gasteiger partial charge in [-0.2, -0.15) is 0 Å². The van der Waals surface area contributed by atoms with Crippen LogP contribution in [0.1, 0.15) is 62.7 Å². The van der Waals surface area contributed by atoms with Crippen LogP contribution in [0.5, 0.6) is 11.5 Å². The molecule has 0 amide bonds. The summed E-state index contributed by atoms with van der Waals surface area (Å²) in [5, 5.41) is 10.7. The molecule has 1 heterocycles. The average molecular weight is 338 g/mol. The number of rotatable bonds is 3. The number of hydrogen-bond donors (Lipinski definition) is 1. The predicted octanol–water partition coefficient (Wildman–Crippen LogP) is 4.82. The van der Waals surface area contributed by atoms with E-state index in [2.05, 4.69) is 16.4 Å². The van der Waals surface area contributed by atoms with E-state index in [1.165, 1.54) is 25.7 Å². The van der Waals surface area contributed by atoms with Crippen molar-refractivity contribution in [1.29, 1.82) is 0 Å². The molecule has 0 saturated heterocycles. The SMILES string of the molecule is CCCC1CCC(C2Cc3cc4c(cc3C2O)OC(F)(F)O4)CC1. The van der Waals surface area contributed by atoms with E-state index in [1.54, 1.807) is 12.1 Å². The van der Waals surface area contributed by atoms with Gasteiger partial charge in [0.15, 0.2) is 11.5 Å². The molecule has 1 aliphatic heterocycles. The van der Waals surface area contributed by atoms with Gasteiger partial charge in [-0.25, -0.2) is 0 Å². The van der Waals surface area contributed by atoms with Crippen molar-refractivity contribution in [3.8, 4) is 11.5 Å². The molecule has 2 aliphatic carbocycles. The minimum atomic E-state index is -3.60. The molecule has 1 fully saturated rings. The van der Waals surface area contributed by atoms with Gasteiger partial charge < -0.3 is 14.6 Å². The number of hydrogen-bond acceptors (Lipinski definition) is 3. The maximum absolute atomic E-state index is 13.2. The van der Waals surface area contributed by atoms with Gasteiger partial charge in [-0.15, -0.1) is 8.78 Å². The summed E-state index contributed by atoms with van der Waals surface area (Å²) in [6, 6.07) is 3.16. The van der Waals surface area contributed by atoms with E-state index < -0.39 is 12.4 Å². The van der Waals surface area contributed by atoms with Crippen LogP contribution in [0.4, 0.5) is 8.78 Å². The summed E-state index contributed by atoms with van der Waals surface area (Å²) in [7, 11) is 0. The third kappa shape index (κ3) is 2.77. The van der Waals surface area contributed by atoms with Crippen LogP contribution in [0, 0.1) is 17.8 Å². The lowest BCUT2D eigenvalue weighted by Gasteiger charge is -2.33. The molecule has 132 valence electrons. The number of alkyl halides is 2. The van der Waals surface area contributed by atoms with Crippen molar-refractivity contribution in [2.45, 2.75) is 64.3 Å². The predicted molar refractivity (Wildman–Crippen MR) is 85.2 cm³/mol. The van der Waals surface area contributed by atoms with Gasteiger partial charge in [0.2, 0.25) is 0 Å². The second-order valence-electron chi connectivity index (χ2n) is 7.55. The second kappa shape index (κ2) is 5.87. The Bertz CT molecular complexity index is 623. The lowest BCUT2D eigenvalue weighted by atomic mass is 9.73. The molecule has 24 heavy (non-hydrogen) atoms. The first kappa shape index (κ1) is 16.1. The van der Waals surface area contributed by atoms with Crippen molar-refractivity contribution < 1.29 is 23.4 Å². The summed E-state index contributed by atoms with van der Waals surface area (Å²) >= 11 is 0. The zero-order valence-corrected chi connectivity index (χ0v) is 13.9. The molecule has 0 radical (unpaired) electrons. The van der Waals surface area contributed by atoms with Gasteiger partial charge in [0.1, 0.15) is 0 Å². The van der Waals surface area contributed by atoms with Crippen LogP contribution in [-0.4, -0.2) is 11.4 Å². The minimum absolute atomic E-state index is 0.0325. The number of fused-ring (bicyclic) bond motifs is 2. The van der Waals surface area contributed by atoms with Gasteiger partial charge in [-0.05, 0) is 60.3 Å². The average Bonchev–Trinajstić information content (AvgIpc) is 3.01. The van der Waals surface area contributed by atoms with Crippen molar-refractivity contribution in [3.05, 3.63) is 23.3 Å². The highest BCUT2D eigenvalue weighted by Gasteiger charge is 2.46. The van der Waals surface area contributed by atoms with E-state index in [0.29, 0.717) is 5.92 Å². The molecule has 1 aromatic carbocycles. The first-order valence-electron chi connectivity index (χ1n) is 9.07. The molecule has 2 atom stereocenters. The van der Waals surface area contributed by atoms with E-state index in [9.17, 15) is 13.9 Å². The Morgan fingerprint density at radius 3 is 2.46 bits per heavy atom. The topological polar surface area (TPSA) is 38.7 Å². The fourth-order valence-electron chi connectivity index (χ4n) is 4.84. The highest BCUT2D eigenvalue weighted by atomic mass is 19.3. The largest absolute Gasteiger partial charge is 0.586 e. The molecule has 0 spiro atoms. The summed E-state index contributed by atoms with van der Waals surface area (Å²) in [6.45, 7) is 2.23. The second-order valence-corrected chi connectivity index (χ2v) is 7.55.